The average Bonchev–Trinajstić information content (AvgIpc) is 2.76. The Morgan fingerprint density at radius 2 is 1.84 bits per heavy atom. The molecule has 0 aromatic rings. The first-order valence-electron chi connectivity index (χ1n) is 11.7. The lowest BCUT2D eigenvalue weighted by molar-refractivity contribution is -0.138. The van der Waals surface area contributed by atoms with Crippen molar-refractivity contribution in [1.82, 2.24) is 20.9 Å². The van der Waals surface area contributed by atoms with Crippen molar-refractivity contribution in [1.29, 1.82) is 0 Å². The third-order valence-corrected chi connectivity index (χ3v) is 5.91. The molecular weight excluding hydrogens is 416 g/mol. The molecule has 2 aliphatic heterocycles. The fraction of sp³-hybridized carbons (Fsp3) is 0.818. The van der Waals surface area contributed by atoms with Gasteiger partial charge < -0.3 is 30.7 Å². The first kappa shape index (κ1) is 25.9. The van der Waals surface area contributed by atoms with Crippen LogP contribution >= 0.6 is 0 Å². The van der Waals surface area contributed by atoms with E-state index in [2.05, 4.69) is 16.0 Å². The molecule has 2 heterocycles. The number of carboxylic acids is 1. The largest absolute Gasteiger partial charge is 0.481 e. The monoisotopic (exact) mass is 454 g/mol. The van der Waals surface area contributed by atoms with Crippen molar-refractivity contribution in [2.24, 2.45) is 17.8 Å². The first-order chi connectivity index (χ1) is 15.2. The van der Waals surface area contributed by atoms with Crippen LogP contribution in [0.25, 0.3) is 0 Å². The predicted octanol–water partition coefficient (Wildman–Crippen LogP) is 1.30. The Morgan fingerprint density at radius 1 is 1.12 bits per heavy atom. The van der Waals surface area contributed by atoms with E-state index in [0.29, 0.717) is 38.3 Å². The van der Waals surface area contributed by atoms with E-state index in [1.807, 2.05) is 13.8 Å². The number of amides is 3. The molecule has 2 aliphatic rings. The first-order valence-corrected chi connectivity index (χ1v) is 11.7. The van der Waals surface area contributed by atoms with Gasteiger partial charge in [-0.3, -0.25) is 14.4 Å². The number of carbonyl (C=O) groups is 4. The molecule has 10 heteroatoms. The van der Waals surface area contributed by atoms with Gasteiger partial charge in [0.2, 0.25) is 11.8 Å². The van der Waals surface area contributed by atoms with Gasteiger partial charge in [0.1, 0.15) is 6.17 Å². The molecule has 182 valence electrons. The number of ether oxygens (including phenoxy) is 1. The summed E-state index contributed by atoms with van der Waals surface area (Å²) in [6.45, 7) is 6.90. The van der Waals surface area contributed by atoms with Gasteiger partial charge in [0.15, 0.2) is 0 Å². The number of likely N-dealkylation sites (tertiary alicyclic amines) is 1. The van der Waals surface area contributed by atoms with Crippen molar-refractivity contribution in [3.05, 3.63) is 0 Å². The summed E-state index contributed by atoms with van der Waals surface area (Å²) in [7, 11) is 0. The SMILES string of the molecule is CC(C)COC(=O)N[C@H](CC(=O)O)NC(=O)[C@@H]1CCCN(C(=O)CCC2CCNCC2)C1. The van der Waals surface area contributed by atoms with Crippen LogP contribution in [0.2, 0.25) is 0 Å². The maximum atomic E-state index is 12.8. The van der Waals surface area contributed by atoms with E-state index < -0.39 is 30.6 Å². The molecule has 32 heavy (non-hydrogen) atoms. The number of nitrogens with zero attached hydrogens (tertiary/aromatic N) is 1. The smallest absolute Gasteiger partial charge is 0.408 e. The maximum absolute atomic E-state index is 12.8. The number of hydrogen-bond acceptors (Lipinski definition) is 6. The molecule has 2 rings (SSSR count). The van der Waals surface area contributed by atoms with Crippen LogP contribution in [0.15, 0.2) is 0 Å². The van der Waals surface area contributed by atoms with E-state index in [-0.39, 0.29) is 24.3 Å². The topological polar surface area (TPSA) is 137 Å². The molecule has 0 saturated carbocycles. The number of rotatable bonds is 10. The van der Waals surface area contributed by atoms with Crippen LogP contribution in [-0.4, -0.2) is 72.8 Å². The summed E-state index contributed by atoms with van der Waals surface area (Å²) in [5.74, 6) is -1.18. The summed E-state index contributed by atoms with van der Waals surface area (Å²) in [4.78, 5) is 50.3. The lowest BCUT2D eigenvalue weighted by Crippen LogP contribution is -2.53. The molecular formula is C22H38N4O6. The Kier molecular flexibility index (Phi) is 10.7. The highest BCUT2D eigenvalue weighted by atomic mass is 16.5. The van der Waals surface area contributed by atoms with Gasteiger partial charge in [-0.05, 0) is 57.0 Å². The third kappa shape index (κ3) is 9.42. The number of carboxylic acid groups (broad SMARTS) is 1. The Bertz CT molecular complexity index is 650. The highest BCUT2D eigenvalue weighted by molar-refractivity contribution is 5.82. The van der Waals surface area contributed by atoms with Crippen LogP contribution in [0.4, 0.5) is 4.79 Å². The fourth-order valence-corrected chi connectivity index (χ4v) is 4.10. The lowest BCUT2D eigenvalue weighted by Gasteiger charge is -2.33. The van der Waals surface area contributed by atoms with Crippen molar-refractivity contribution in [3.63, 3.8) is 0 Å². The van der Waals surface area contributed by atoms with E-state index in [0.717, 1.165) is 32.4 Å². The van der Waals surface area contributed by atoms with Gasteiger partial charge in [-0.1, -0.05) is 13.8 Å². The summed E-state index contributed by atoms with van der Waals surface area (Å²) in [6.07, 6.45) is 2.56. The third-order valence-electron chi connectivity index (χ3n) is 5.91. The Balaban J connectivity index is 1.83. The second kappa shape index (κ2) is 13.2. The van der Waals surface area contributed by atoms with E-state index in [4.69, 9.17) is 9.84 Å². The molecule has 2 fully saturated rings. The van der Waals surface area contributed by atoms with Crippen molar-refractivity contribution in [3.8, 4) is 0 Å². The molecule has 2 saturated heterocycles. The molecule has 2 atom stereocenters. The van der Waals surface area contributed by atoms with Gasteiger partial charge >= 0.3 is 12.1 Å². The summed E-state index contributed by atoms with van der Waals surface area (Å²) in [5.41, 5.74) is 0. The highest BCUT2D eigenvalue weighted by Gasteiger charge is 2.30. The Hall–Kier alpha value is -2.36. The van der Waals surface area contributed by atoms with Crippen molar-refractivity contribution < 1.29 is 29.0 Å². The van der Waals surface area contributed by atoms with Gasteiger partial charge in [-0.25, -0.2) is 4.79 Å². The summed E-state index contributed by atoms with van der Waals surface area (Å²) < 4.78 is 5.02. The molecule has 0 aromatic carbocycles. The zero-order valence-electron chi connectivity index (χ0n) is 19.2. The molecule has 0 aliphatic carbocycles. The van der Waals surface area contributed by atoms with Crippen LogP contribution in [-0.2, 0) is 19.1 Å². The minimum Gasteiger partial charge on any atom is -0.481 e. The van der Waals surface area contributed by atoms with Crippen molar-refractivity contribution in [2.75, 3.05) is 32.8 Å². The molecule has 0 radical (unpaired) electrons. The predicted molar refractivity (Wildman–Crippen MR) is 118 cm³/mol. The normalized spacial score (nSPS) is 20.5. The summed E-state index contributed by atoms with van der Waals surface area (Å²) >= 11 is 0. The zero-order valence-corrected chi connectivity index (χ0v) is 19.2. The number of aliphatic carboxylic acids is 1. The van der Waals surface area contributed by atoms with E-state index in [1.54, 1.807) is 4.90 Å². The van der Waals surface area contributed by atoms with Crippen molar-refractivity contribution in [2.45, 2.75) is 65.0 Å². The second-order valence-electron chi connectivity index (χ2n) is 9.21. The van der Waals surface area contributed by atoms with E-state index >= 15 is 0 Å². The quantitative estimate of drug-likeness (QED) is 0.365. The van der Waals surface area contributed by atoms with Gasteiger partial charge in [0.05, 0.1) is 18.9 Å². The fourth-order valence-electron chi connectivity index (χ4n) is 4.10. The molecule has 10 nitrogen and oxygen atoms in total. The molecule has 0 bridgehead atoms. The minimum atomic E-state index is -1.15. The summed E-state index contributed by atoms with van der Waals surface area (Å²) in [6, 6.07) is 0. The molecule has 0 unspecified atom stereocenters. The Morgan fingerprint density at radius 3 is 2.50 bits per heavy atom. The number of nitrogens with one attached hydrogen (secondary N) is 3. The molecule has 0 spiro atoms. The number of carbonyl (C=O) groups excluding carboxylic acids is 3. The van der Waals surface area contributed by atoms with Gasteiger partial charge in [-0.15, -0.1) is 0 Å². The van der Waals surface area contributed by atoms with Crippen LogP contribution in [0, 0.1) is 17.8 Å². The number of piperidine rings is 2. The maximum Gasteiger partial charge on any atom is 0.408 e. The standard InChI is InChI=1S/C22H38N4O6/c1-15(2)14-32-22(31)25-18(12-20(28)29)24-21(30)17-4-3-11-26(13-17)19(27)6-5-16-7-9-23-10-8-16/h15-18,23H,3-14H2,1-2H3,(H,24,30)(H,25,31)(H,28,29)/t17-,18-/m1/s1. The van der Waals surface area contributed by atoms with Crippen LogP contribution in [0.1, 0.15) is 58.8 Å². The Labute approximate surface area is 189 Å². The minimum absolute atomic E-state index is 0.0681. The summed E-state index contributed by atoms with van der Waals surface area (Å²) in [5, 5.41) is 17.5. The average molecular weight is 455 g/mol. The van der Waals surface area contributed by atoms with E-state index in [1.165, 1.54) is 0 Å². The lowest BCUT2D eigenvalue weighted by atomic mass is 9.92. The zero-order chi connectivity index (χ0) is 23.5. The molecule has 0 aromatic heterocycles. The van der Waals surface area contributed by atoms with Crippen molar-refractivity contribution >= 4 is 23.9 Å². The highest BCUT2D eigenvalue weighted by Crippen LogP contribution is 2.21. The van der Waals surface area contributed by atoms with Crippen LogP contribution in [0.5, 0.6) is 0 Å². The molecule has 3 amide bonds. The van der Waals surface area contributed by atoms with Crippen LogP contribution < -0.4 is 16.0 Å². The van der Waals surface area contributed by atoms with E-state index in [9.17, 15) is 19.2 Å². The molecule has 4 N–H and O–H groups in total. The van der Waals surface area contributed by atoms with Gasteiger partial charge in [0, 0.05) is 19.5 Å². The van der Waals surface area contributed by atoms with Gasteiger partial charge in [0.25, 0.3) is 0 Å². The number of hydrogen-bond donors (Lipinski definition) is 4. The number of alkyl carbamates (subject to hydrolysis) is 1. The second-order valence-corrected chi connectivity index (χ2v) is 9.21. The van der Waals surface area contributed by atoms with Crippen LogP contribution in [0.3, 0.4) is 0 Å². The van der Waals surface area contributed by atoms with Gasteiger partial charge in [-0.2, -0.15) is 0 Å².